The first-order chi connectivity index (χ1) is 9.17. The van der Waals surface area contributed by atoms with Gasteiger partial charge in [0.2, 0.25) is 11.7 Å². The van der Waals surface area contributed by atoms with Gasteiger partial charge in [0.25, 0.3) is 0 Å². The lowest BCUT2D eigenvalue weighted by Crippen LogP contribution is -2.42. The highest BCUT2D eigenvalue weighted by molar-refractivity contribution is 5.55. The average molecular weight is 259 g/mol. The zero-order chi connectivity index (χ0) is 13.3. The van der Waals surface area contributed by atoms with Crippen LogP contribution in [-0.4, -0.2) is 23.4 Å². The lowest BCUT2D eigenvalue weighted by Gasteiger charge is -2.29. The van der Waals surface area contributed by atoms with E-state index >= 15 is 0 Å². The number of hydrogen-bond acceptors (Lipinski definition) is 5. The van der Waals surface area contributed by atoms with Crippen molar-refractivity contribution in [1.82, 2.24) is 10.1 Å². The molecule has 0 saturated carbocycles. The number of hydrogen-bond donors (Lipinski definition) is 1. The smallest absolute Gasteiger partial charge is 0.247 e. The highest BCUT2D eigenvalue weighted by Crippen LogP contribution is 2.29. The van der Waals surface area contributed by atoms with Crippen molar-refractivity contribution >= 4 is 0 Å². The highest BCUT2D eigenvalue weighted by Gasteiger charge is 2.35. The molecule has 0 aliphatic carbocycles. The van der Waals surface area contributed by atoms with Crippen molar-refractivity contribution in [3.8, 4) is 11.4 Å². The first-order valence-corrected chi connectivity index (χ1v) is 6.45. The molecular weight excluding hydrogens is 242 g/mol. The van der Waals surface area contributed by atoms with Crippen LogP contribution < -0.4 is 5.73 Å². The molecular formula is C14H17N3O2. The summed E-state index contributed by atoms with van der Waals surface area (Å²) in [5.74, 6) is 1.10. The number of aromatic nitrogens is 2. The number of aryl methyl sites for hydroxylation is 1. The van der Waals surface area contributed by atoms with Crippen LogP contribution in [0.15, 0.2) is 28.8 Å². The fourth-order valence-corrected chi connectivity index (χ4v) is 2.28. The molecule has 1 aromatic carbocycles. The topological polar surface area (TPSA) is 74.2 Å². The van der Waals surface area contributed by atoms with Crippen LogP contribution in [0.25, 0.3) is 11.4 Å². The predicted octanol–water partition coefficient (Wildman–Crippen LogP) is 2.01. The fourth-order valence-electron chi connectivity index (χ4n) is 2.28. The van der Waals surface area contributed by atoms with E-state index < -0.39 is 5.54 Å². The van der Waals surface area contributed by atoms with Gasteiger partial charge in [0.05, 0.1) is 0 Å². The van der Waals surface area contributed by atoms with Gasteiger partial charge in [-0.15, -0.1) is 0 Å². The Hall–Kier alpha value is -1.72. The summed E-state index contributed by atoms with van der Waals surface area (Å²) in [4.78, 5) is 4.46. The lowest BCUT2D eigenvalue weighted by atomic mass is 9.91. The molecule has 1 aliphatic heterocycles. The summed E-state index contributed by atoms with van der Waals surface area (Å²) in [6.07, 6.45) is 1.42. The Morgan fingerprint density at radius 3 is 2.79 bits per heavy atom. The van der Waals surface area contributed by atoms with Crippen molar-refractivity contribution in [2.24, 2.45) is 5.73 Å². The van der Waals surface area contributed by atoms with Crippen LogP contribution in [-0.2, 0) is 10.3 Å². The third kappa shape index (κ3) is 2.39. The summed E-state index contributed by atoms with van der Waals surface area (Å²) in [6, 6.07) is 8.01. The number of ether oxygens (including phenoxy) is 1. The van der Waals surface area contributed by atoms with Gasteiger partial charge in [0.15, 0.2) is 0 Å². The van der Waals surface area contributed by atoms with Crippen molar-refractivity contribution < 1.29 is 9.26 Å². The van der Waals surface area contributed by atoms with Gasteiger partial charge in [-0.2, -0.15) is 4.98 Å². The van der Waals surface area contributed by atoms with Crippen molar-refractivity contribution in [3.05, 3.63) is 35.7 Å². The third-order valence-electron chi connectivity index (χ3n) is 3.51. The molecule has 0 radical (unpaired) electrons. The molecule has 1 aliphatic rings. The van der Waals surface area contributed by atoms with Gasteiger partial charge >= 0.3 is 0 Å². The molecule has 2 aromatic rings. The van der Waals surface area contributed by atoms with E-state index in [1.165, 1.54) is 0 Å². The van der Waals surface area contributed by atoms with Crippen molar-refractivity contribution in [2.45, 2.75) is 25.3 Å². The van der Waals surface area contributed by atoms with Crippen molar-refractivity contribution in [2.75, 3.05) is 13.2 Å². The molecule has 0 unspecified atom stereocenters. The Morgan fingerprint density at radius 1 is 1.26 bits per heavy atom. The zero-order valence-electron chi connectivity index (χ0n) is 10.9. The monoisotopic (exact) mass is 259 g/mol. The molecule has 0 atom stereocenters. The zero-order valence-corrected chi connectivity index (χ0v) is 10.9. The summed E-state index contributed by atoms with van der Waals surface area (Å²) < 4.78 is 10.7. The molecule has 1 saturated heterocycles. The Labute approximate surface area is 111 Å². The van der Waals surface area contributed by atoms with E-state index in [1.807, 2.05) is 31.2 Å². The van der Waals surface area contributed by atoms with Crippen molar-refractivity contribution in [3.63, 3.8) is 0 Å². The van der Waals surface area contributed by atoms with Gasteiger partial charge in [-0.25, -0.2) is 0 Å². The maximum absolute atomic E-state index is 6.33. The molecule has 5 nitrogen and oxygen atoms in total. The molecule has 0 spiro atoms. The third-order valence-corrected chi connectivity index (χ3v) is 3.51. The number of benzene rings is 1. The summed E-state index contributed by atoms with van der Waals surface area (Å²) in [5.41, 5.74) is 7.89. The molecule has 2 heterocycles. The van der Waals surface area contributed by atoms with E-state index in [-0.39, 0.29) is 0 Å². The minimum Gasteiger partial charge on any atom is -0.381 e. The predicted molar refractivity (Wildman–Crippen MR) is 70.4 cm³/mol. The quantitative estimate of drug-likeness (QED) is 0.893. The molecule has 19 heavy (non-hydrogen) atoms. The number of rotatable bonds is 2. The van der Waals surface area contributed by atoms with Crippen LogP contribution in [0, 0.1) is 6.92 Å². The van der Waals surface area contributed by atoms with E-state index in [2.05, 4.69) is 10.1 Å². The number of nitrogens with two attached hydrogens (primary N) is 1. The molecule has 0 amide bonds. The summed E-state index contributed by atoms with van der Waals surface area (Å²) in [5, 5.41) is 4.04. The molecule has 3 rings (SSSR count). The first kappa shape index (κ1) is 12.3. The van der Waals surface area contributed by atoms with Crippen LogP contribution in [0.4, 0.5) is 0 Å². The van der Waals surface area contributed by atoms with Gasteiger partial charge in [-0.05, 0) is 25.8 Å². The molecule has 5 heteroatoms. The van der Waals surface area contributed by atoms with E-state index in [0.717, 1.165) is 11.1 Å². The minimum absolute atomic E-state index is 0.507. The van der Waals surface area contributed by atoms with E-state index in [0.29, 0.717) is 37.8 Å². The standard InChI is InChI=1S/C14H17N3O2/c1-10-3-2-4-11(9-10)12-16-13(19-17-12)14(15)5-7-18-8-6-14/h2-4,9H,5-8,15H2,1H3. The van der Waals surface area contributed by atoms with E-state index in [9.17, 15) is 0 Å². The van der Waals surface area contributed by atoms with Crippen LogP contribution >= 0.6 is 0 Å². The van der Waals surface area contributed by atoms with Crippen LogP contribution in [0.1, 0.15) is 24.3 Å². The summed E-state index contributed by atoms with van der Waals surface area (Å²) >= 11 is 0. The Kier molecular flexibility index (Phi) is 3.08. The largest absolute Gasteiger partial charge is 0.381 e. The number of nitrogens with zero attached hydrogens (tertiary/aromatic N) is 2. The van der Waals surface area contributed by atoms with Crippen LogP contribution in [0.5, 0.6) is 0 Å². The van der Waals surface area contributed by atoms with E-state index in [1.54, 1.807) is 0 Å². The Balaban J connectivity index is 1.91. The van der Waals surface area contributed by atoms with Gasteiger partial charge in [0, 0.05) is 18.8 Å². The average Bonchev–Trinajstić information content (AvgIpc) is 2.90. The highest BCUT2D eigenvalue weighted by atomic mass is 16.5. The van der Waals surface area contributed by atoms with E-state index in [4.69, 9.17) is 15.0 Å². The molecule has 1 aromatic heterocycles. The van der Waals surface area contributed by atoms with Crippen molar-refractivity contribution in [1.29, 1.82) is 0 Å². The second kappa shape index (κ2) is 4.75. The molecule has 0 bridgehead atoms. The maximum Gasteiger partial charge on any atom is 0.247 e. The van der Waals surface area contributed by atoms with Gasteiger partial charge < -0.3 is 15.0 Å². The summed E-state index contributed by atoms with van der Waals surface area (Å²) in [7, 11) is 0. The summed E-state index contributed by atoms with van der Waals surface area (Å²) in [6.45, 7) is 3.31. The SMILES string of the molecule is Cc1cccc(-c2noc(C3(N)CCOCC3)n2)c1. The first-order valence-electron chi connectivity index (χ1n) is 6.45. The molecule has 2 N–H and O–H groups in total. The Morgan fingerprint density at radius 2 is 2.05 bits per heavy atom. The van der Waals surface area contributed by atoms with Gasteiger partial charge in [-0.1, -0.05) is 28.9 Å². The minimum atomic E-state index is -0.548. The second-order valence-electron chi connectivity index (χ2n) is 5.06. The Bertz CT molecular complexity index is 574. The van der Waals surface area contributed by atoms with Crippen LogP contribution in [0.2, 0.25) is 0 Å². The van der Waals surface area contributed by atoms with Gasteiger partial charge in [-0.3, -0.25) is 0 Å². The lowest BCUT2D eigenvalue weighted by molar-refractivity contribution is 0.0400. The molecule has 1 fully saturated rings. The fraction of sp³-hybridized carbons (Fsp3) is 0.429. The molecule has 100 valence electrons. The van der Waals surface area contributed by atoms with Gasteiger partial charge in [0.1, 0.15) is 5.54 Å². The maximum atomic E-state index is 6.33. The van der Waals surface area contributed by atoms with Crippen LogP contribution in [0.3, 0.4) is 0 Å². The normalized spacial score (nSPS) is 18.4. The second-order valence-corrected chi connectivity index (χ2v) is 5.06.